The van der Waals surface area contributed by atoms with E-state index < -0.39 is 6.10 Å². The lowest BCUT2D eigenvalue weighted by Gasteiger charge is -2.24. The molecule has 1 aliphatic heterocycles. The molecule has 0 aliphatic carbocycles. The minimum Gasteiger partial charge on any atom is -0.486 e. The molecule has 112 valence electrons. The van der Waals surface area contributed by atoms with E-state index in [1.165, 1.54) is 11.3 Å². The fourth-order valence-corrected chi connectivity index (χ4v) is 3.54. The number of thiophene rings is 1. The quantitative estimate of drug-likeness (QED) is 0.907. The molecule has 6 heteroatoms. The zero-order chi connectivity index (χ0) is 14.8. The Morgan fingerprint density at radius 2 is 1.95 bits per heavy atom. The zero-order valence-corrected chi connectivity index (χ0v) is 12.9. The number of nitrogens with two attached hydrogens (primary N) is 1. The van der Waals surface area contributed by atoms with Crippen LogP contribution in [0.25, 0.3) is 0 Å². The molecule has 1 aliphatic rings. The second-order valence-corrected chi connectivity index (χ2v) is 6.58. The Hall–Kier alpha value is -1.27. The van der Waals surface area contributed by atoms with E-state index >= 15 is 0 Å². The van der Waals surface area contributed by atoms with Gasteiger partial charge in [-0.15, -0.1) is 11.3 Å². The highest BCUT2D eigenvalue weighted by Crippen LogP contribution is 2.39. The van der Waals surface area contributed by atoms with Crippen LogP contribution in [0.5, 0.6) is 11.5 Å². The molecule has 21 heavy (non-hydrogen) atoms. The number of fused-ring (bicyclic) bond motifs is 1. The highest BCUT2D eigenvalue weighted by Gasteiger charge is 2.24. The van der Waals surface area contributed by atoms with E-state index in [4.69, 9.17) is 26.8 Å². The molecular weight excluding hydrogens is 310 g/mol. The van der Waals surface area contributed by atoms with Crippen LogP contribution in [0.15, 0.2) is 30.3 Å². The summed E-state index contributed by atoms with van der Waals surface area (Å²) in [5.74, 6) is 1.22. The third kappa shape index (κ3) is 3.01. The van der Waals surface area contributed by atoms with Crippen LogP contribution in [0.4, 0.5) is 0 Å². The topological polar surface area (TPSA) is 64.7 Å². The molecule has 0 amide bonds. The number of rotatable bonds is 4. The van der Waals surface area contributed by atoms with Crippen molar-refractivity contribution in [1.82, 2.24) is 0 Å². The van der Waals surface area contributed by atoms with Crippen molar-refractivity contribution in [1.29, 1.82) is 0 Å². The highest BCUT2D eigenvalue weighted by molar-refractivity contribution is 7.16. The van der Waals surface area contributed by atoms with Gasteiger partial charge in [0.2, 0.25) is 0 Å². The van der Waals surface area contributed by atoms with Crippen LogP contribution in [0.2, 0.25) is 4.34 Å². The van der Waals surface area contributed by atoms with Crippen LogP contribution >= 0.6 is 22.9 Å². The summed E-state index contributed by atoms with van der Waals surface area (Å²) >= 11 is 7.30. The van der Waals surface area contributed by atoms with Gasteiger partial charge in [-0.2, -0.15) is 0 Å². The molecule has 2 heterocycles. The Morgan fingerprint density at radius 3 is 2.62 bits per heavy atom. The molecule has 2 unspecified atom stereocenters. The predicted octanol–water partition coefficient (Wildman–Crippen LogP) is 2.95. The van der Waals surface area contributed by atoms with E-state index in [9.17, 15) is 5.11 Å². The maximum atomic E-state index is 10.6. The number of ether oxygens (including phenoxy) is 2. The van der Waals surface area contributed by atoms with E-state index in [0.717, 1.165) is 16.2 Å². The van der Waals surface area contributed by atoms with Gasteiger partial charge >= 0.3 is 0 Å². The van der Waals surface area contributed by atoms with Crippen molar-refractivity contribution in [2.75, 3.05) is 19.8 Å². The summed E-state index contributed by atoms with van der Waals surface area (Å²) in [6.45, 7) is 1.42. The first kappa shape index (κ1) is 14.7. The maximum Gasteiger partial charge on any atom is 0.161 e. The summed E-state index contributed by atoms with van der Waals surface area (Å²) in [4.78, 5) is 0.810. The van der Waals surface area contributed by atoms with Crippen LogP contribution in [-0.4, -0.2) is 24.9 Å². The average Bonchev–Trinajstić information content (AvgIpc) is 2.94. The first-order valence-electron chi connectivity index (χ1n) is 6.72. The molecule has 0 bridgehead atoms. The normalized spacial score (nSPS) is 16.5. The van der Waals surface area contributed by atoms with E-state index in [2.05, 4.69) is 0 Å². The summed E-state index contributed by atoms with van der Waals surface area (Å²) in [5, 5.41) is 10.6. The minimum atomic E-state index is -0.685. The molecule has 1 aromatic carbocycles. The Morgan fingerprint density at radius 1 is 1.19 bits per heavy atom. The Balaban J connectivity index is 1.89. The molecule has 0 saturated carbocycles. The van der Waals surface area contributed by atoms with Crippen LogP contribution in [-0.2, 0) is 0 Å². The van der Waals surface area contributed by atoms with Crippen LogP contribution in [0.1, 0.15) is 22.5 Å². The van der Waals surface area contributed by atoms with E-state index in [-0.39, 0.29) is 5.92 Å². The van der Waals surface area contributed by atoms with Gasteiger partial charge in [-0.25, -0.2) is 0 Å². The lowest BCUT2D eigenvalue weighted by molar-refractivity contribution is 0.149. The lowest BCUT2D eigenvalue weighted by Crippen LogP contribution is -2.20. The van der Waals surface area contributed by atoms with Crippen molar-refractivity contribution >= 4 is 22.9 Å². The number of benzene rings is 1. The monoisotopic (exact) mass is 325 g/mol. The van der Waals surface area contributed by atoms with Crippen molar-refractivity contribution in [3.05, 3.63) is 45.1 Å². The number of halogens is 1. The fourth-order valence-electron chi connectivity index (χ4n) is 2.42. The summed E-state index contributed by atoms with van der Waals surface area (Å²) in [7, 11) is 0. The second-order valence-electron chi connectivity index (χ2n) is 4.83. The highest BCUT2D eigenvalue weighted by atomic mass is 35.5. The molecule has 2 aromatic rings. The first-order valence-corrected chi connectivity index (χ1v) is 7.91. The van der Waals surface area contributed by atoms with Crippen molar-refractivity contribution in [3.63, 3.8) is 0 Å². The van der Waals surface area contributed by atoms with Crippen molar-refractivity contribution in [2.45, 2.75) is 12.0 Å². The molecule has 0 spiro atoms. The van der Waals surface area contributed by atoms with Gasteiger partial charge in [0.1, 0.15) is 13.2 Å². The number of hydrogen-bond acceptors (Lipinski definition) is 5. The third-order valence-corrected chi connectivity index (χ3v) is 4.82. The van der Waals surface area contributed by atoms with Crippen LogP contribution in [0.3, 0.4) is 0 Å². The van der Waals surface area contributed by atoms with Crippen molar-refractivity contribution < 1.29 is 14.6 Å². The number of aliphatic hydroxyl groups excluding tert-OH is 1. The maximum absolute atomic E-state index is 10.6. The minimum absolute atomic E-state index is 0.212. The van der Waals surface area contributed by atoms with Gasteiger partial charge in [-0.05, 0) is 29.8 Å². The molecule has 4 nitrogen and oxygen atoms in total. The van der Waals surface area contributed by atoms with E-state index in [1.807, 2.05) is 24.3 Å². The standard InChI is InChI=1S/C15H16ClNO3S/c16-14-4-3-13(21-14)15(18)10(8-17)9-1-2-11-12(7-9)20-6-5-19-11/h1-4,7,10,15,18H,5-6,8,17H2. The fraction of sp³-hybridized carbons (Fsp3) is 0.333. The molecule has 0 saturated heterocycles. The van der Waals surface area contributed by atoms with Gasteiger partial charge < -0.3 is 20.3 Å². The van der Waals surface area contributed by atoms with Crippen molar-refractivity contribution in [3.8, 4) is 11.5 Å². The molecule has 2 atom stereocenters. The average molecular weight is 326 g/mol. The van der Waals surface area contributed by atoms with Gasteiger partial charge in [0.25, 0.3) is 0 Å². The lowest BCUT2D eigenvalue weighted by atomic mass is 9.92. The van der Waals surface area contributed by atoms with E-state index in [1.54, 1.807) is 6.07 Å². The Kier molecular flexibility index (Phi) is 4.35. The smallest absolute Gasteiger partial charge is 0.161 e. The van der Waals surface area contributed by atoms with Gasteiger partial charge in [0.05, 0.1) is 10.4 Å². The third-order valence-electron chi connectivity index (χ3n) is 3.51. The molecule has 1 aromatic heterocycles. The van der Waals surface area contributed by atoms with Gasteiger partial charge in [0.15, 0.2) is 11.5 Å². The Labute approximate surface area is 132 Å². The Bertz CT molecular complexity index is 631. The number of aliphatic hydroxyl groups is 1. The van der Waals surface area contributed by atoms with Crippen LogP contribution < -0.4 is 15.2 Å². The largest absolute Gasteiger partial charge is 0.486 e. The SMILES string of the molecule is NCC(c1ccc2c(c1)OCCO2)C(O)c1ccc(Cl)s1. The predicted molar refractivity (Wildman–Crippen MR) is 83.5 cm³/mol. The molecule has 0 fully saturated rings. The first-order chi connectivity index (χ1) is 10.2. The molecule has 3 rings (SSSR count). The van der Waals surface area contributed by atoms with Crippen molar-refractivity contribution in [2.24, 2.45) is 5.73 Å². The number of hydrogen-bond donors (Lipinski definition) is 2. The van der Waals surface area contributed by atoms with Crippen LogP contribution in [0, 0.1) is 0 Å². The van der Waals surface area contributed by atoms with Gasteiger partial charge in [-0.1, -0.05) is 17.7 Å². The van der Waals surface area contributed by atoms with E-state index in [0.29, 0.717) is 29.8 Å². The zero-order valence-electron chi connectivity index (χ0n) is 11.3. The van der Waals surface area contributed by atoms with Gasteiger partial charge in [-0.3, -0.25) is 0 Å². The summed E-state index contributed by atoms with van der Waals surface area (Å²) in [6, 6.07) is 9.29. The molecule has 3 N–H and O–H groups in total. The summed E-state index contributed by atoms with van der Waals surface area (Å²) in [5.41, 5.74) is 6.79. The molecule has 0 radical (unpaired) electrons. The second kappa shape index (κ2) is 6.23. The molecular formula is C15H16ClNO3S. The van der Waals surface area contributed by atoms with Gasteiger partial charge in [0, 0.05) is 17.3 Å². The summed E-state index contributed by atoms with van der Waals surface area (Å²) < 4.78 is 11.7. The summed E-state index contributed by atoms with van der Waals surface area (Å²) in [6.07, 6.45) is -0.685.